The third kappa shape index (κ3) is 3.27. The number of rotatable bonds is 5. The molecule has 0 saturated carbocycles. The van der Waals surface area contributed by atoms with Gasteiger partial charge in [0.25, 0.3) is 0 Å². The maximum absolute atomic E-state index is 10.9. The normalized spacial score (nSPS) is 13.4. The first-order chi connectivity index (χ1) is 7.50. The molecule has 0 aliphatic heterocycles. The third-order valence-electron chi connectivity index (χ3n) is 2.14. The quantitative estimate of drug-likeness (QED) is 0.796. The van der Waals surface area contributed by atoms with E-state index in [1.165, 1.54) is 12.3 Å². The molecule has 0 aliphatic carbocycles. The van der Waals surface area contributed by atoms with E-state index >= 15 is 0 Å². The predicted octanol–water partition coefficient (Wildman–Crippen LogP) is 1.86. The molecule has 1 unspecified atom stereocenters. The van der Waals surface area contributed by atoms with E-state index < -0.39 is 24.3 Å². The van der Waals surface area contributed by atoms with Gasteiger partial charge in [0.2, 0.25) is 0 Å². The minimum atomic E-state index is -1.15. The second kappa shape index (κ2) is 5.16. The van der Waals surface area contributed by atoms with Crippen molar-refractivity contribution in [3.05, 3.63) is 29.7 Å². The molecule has 0 bridgehead atoms. The van der Waals surface area contributed by atoms with Crippen molar-refractivity contribution in [2.24, 2.45) is 5.92 Å². The van der Waals surface area contributed by atoms with Crippen molar-refractivity contribution < 1.29 is 24.2 Å². The summed E-state index contributed by atoms with van der Waals surface area (Å²) in [6.07, 6.45) is 2.56. The molecular weight excluding hydrogens is 212 g/mol. The largest absolute Gasteiger partial charge is 0.481 e. The number of aliphatic carboxylic acids is 2. The van der Waals surface area contributed by atoms with E-state index in [0.717, 1.165) is 0 Å². The highest BCUT2D eigenvalue weighted by Gasteiger charge is 2.22. The first kappa shape index (κ1) is 12.0. The SMILES string of the molecule is C/C(=C\c1ccco1)C(CC(=O)O)C(=O)O. The van der Waals surface area contributed by atoms with Gasteiger partial charge in [0.05, 0.1) is 18.6 Å². The summed E-state index contributed by atoms with van der Waals surface area (Å²) >= 11 is 0. The molecule has 0 saturated heterocycles. The van der Waals surface area contributed by atoms with Crippen LogP contribution in [0, 0.1) is 5.92 Å². The van der Waals surface area contributed by atoms with Crippen molar-refractivity contribution in [2.75, 3.05) is 0 Å². The van der Waals surface area contributed by atoms with Crippen molar-refractivity contribution in [3.8, 4) is 0 Å². The number of carbonyl (C=O) groups is 2. The Morgan fingerprint density at radius 3 is 2.62 bits per heavy atom. The molecular formula is C11H12O5. The second-order valence-electron chi connectivity index (χ2n) is 3.39. The van der Waals surface area contributed by atoms with Crippen LogP contribution in [0.5, 0.6) is 0 Å². The molecule has 1 atom stereocenters. The number of furan rings is 1. The van der Waals surface area contributed by atoms with Crippen molar-refractivity contribution >= 4 is 18.0 Å². The molecule has 1 heterocycles. The van der Waals surface area contributed by atoms with E-state index in [1.54, 1.807) is 19.1 Å². The minimum Gasteiger partial charge on any atom is -0.481 e. The van der Waals surface area contributed by atoms with Gasteiger partial charge in [-0.2, -0.15) is 0 Å². The average molecular weight is 224 g/mol. The molecule has 0 fully saturated rings. The van der Waals surface area contributed by atoms with E-state index in [0.29, 0.717) is 11.3 Å². The zero-order valence-electron chi connectivity index (χ0n) is 8.71. The highest BCUT2D eigenvalue weighted by atomic mass is 16.4. The Kier molecular flexibility index (Phi) is 3.88. The Morgan fingerprint density at radius 2 is 2.19 bits per heavy atom. The first-order valence-corrected chi connectivity index (χ1v) is 4.67. The fourth-order valence-electron chi connectivity index (χ4n) is 1.32. The number of carboxylic acid groups (broad SMARTS) is 2. The molecule has 0 amide bonds. The van der Waals surface area contributed by atoms with Crippen LogP contribution in [0.1, 0.15) is 19.1 Å². The van der Waals surface area contributed by atoms with Gasteiger partial charge in [-0.25, -0.2) is 0 Å². The van der Waals surface area contributed by atoms with Gasteiger partial charge in [-0.05, 0) is 25.1 Å². The van der Waals surface area contributed by atoms with Crippen molar-refractivity contribution in [3.63, 3.8) is 0 Å². The van der Waals surface area contributed by atoms with Crippen LogP contribution in [-0.2, 0) is 9.59 Å². The fraction of sp³-hybridized carbons (Fsp3) is 0.273. The maximum Gasteiger partial charge on any atom is 0.311 e. The van der Waals surface area contributed by atoms with Gasteiger partial charge < -0.3 is 14.6 Å². The van der Waals surface area contributed by atoms with Crippen LogP contribution in [0.4, 0.5) is 0 Å². The third-order valence-corrected chi connectivity index (χ3v) is 2.14. The molecule has 0 radical (unpaired) electrons. The summed E-state index contributed by atoms with van der Waals surface area (Å²) in [6.45, 7) is 1.57. The number of carboxylic acids is 2. The van der Waals surface area contributed by atoms with Crippen molar-refractivity contribution in [1.82, 2.24) is 0 Å². The highest BCUT2D eigenvalue weighted by Crippen LogP contribution is 2.18. The zero-order chi connectivity index (χ0) is 12.1. The lowest BCUT2D eigenvalue weighted by atomic mass is 9.96. The maximum atomic E-state index is 10.9. The summed E-state index contributed by atoms with van der Waals surface area (Å²) in [4.78, 5) is 21.4. The Morgan fingerprint density at radius 1 is 1.50 bits per heavy atom. The lowest BCUT2D eigenvalue weighted by Gasteiger charge is -2.09. The molecule has 1 aromatic rings. The summed E-state index contributed by atoms with van der Waals surface area (Å²) < 4.78 is 5.02. The molecule has 86 valence electrons. The molecule has 5 heteroatoms. The fourth-order valence-corrected chi connectivity index (χ4v) is 1.32. The number of hydrogen-bond acceptors (Lipinski definition) is 3. The molecule has 0 aliphatic rings. The van der Waals surface area contributed by atoms with Crippen LogP contribution in [-0.4, -0.2) is 22.2 Å². The van der Waals surface area contributed by atoms with E-state index in [9.17, 15) is 9.59 Å². The van der Waals surface area contributed by atoms with Gasteiger partial charge in [-0.1, -0.05) is 5.57 Å². The van der Waals surface area contributed by atoms with Gasteiger partial charge >= 0.3 is 11.9 Å². The van der Waals surface area contributed by atoms with Crippen LogP contribution in [0.2, 0.25) is 0 Å². The van der Waals surface area contributed by atoms with Gasteiger partial charge in [0.15, 0.2) is 0 Å². The number of hydrogen-bond donors (Lipinski definition) is 2. The molecule has 1 aromatic heterocycles. The standard InChI is InChI=1S/C11H12O5/c1-7(5-8-3-2-4-16-8)9(11(14)15)6-10(12)13/h2-5,9H,6H2,1H3,(H,12,13)(H,14,15)/b7-5+. The van der Waals surface area contributed by atoms with Crippen LogP contribution in [0.15, 0.2) is 28.4 Å². The molecule has 0 aromatic carbocycles. The van der Waals surface area contributed by atoms with E-state index in [4.69, 9.17) is 14.6 Å². The molecule has 5 nitrogen and oxygen atoms in total. The summed E-state index contributed by atoms with van der Waals surface area (Å²) in [5.41, 5.74) is 0.449. The predicted molar refractivity (Wildman–Crippen MR) is 55.7 cm³/mol. The smallest absolute Gasteiger partial charge is 0.311 e. The summed E-state index contributed by atoms with van der Waals surface area (Å²) in [7, 11) is 0. The molecule has 0 spiro atoms. The van der Waals surface area contributed by atoms with Gasteiger partial charge in [0, 0.05) is 0 Å². The van der Waals surface area contributed by atoms with Crippen LogP contribution in [0.25, 0.3) is 6.08 Å². The highest BCUT2D eigenvalue weighted by molar-refractivity contribution is 5.81. The molecule has 1 rings (SSSR count). The lowest BCUT2D eigenvalue weighted by molar-refractivity contribution is -0.146. The summed E-state index contributed by atoms with van der Waals surface area (Å²) in [6, 6.07) is 3.34. The Bertz CT molecular complexity index is 402. The summed E-state index contributed by atoms with van der Waals surface area (Å²) in [5.74, 6) is -2.81. The van der Waals surface area contributed by atoms with E-state index in [1.807, 2.05) is 0 Å². The van der Waals surface area contributed by atoms with Gasteiger partial charge in [-0.3, -0.25) is 9.59 Å². The molecule has 16 heavy (non-hydrogen) atoms. The topological polar surface area (TPSA) is 87.7 Å². The lowest BCUT2D eigenvalue weighted by Crippen LogP contribution is -2.18. The van der Waals surface area contributed by atoms with E-state index in [2.05, 4.69) is 0 Å². The van der Waals surface area contributed by atoms with Gasteiger partial charge in [0.1, 0.15) is 5.76 Å². The Labute approximate surface area is 92.0 Å². The Balaban J connectivity index is 2.86. The van der Waals surface area contributed by atoms with Crippen molar-refractivity contribution in [1.29, 1.82) is 0 Å². The second-order valence-corrected chi connectivity index (χ2v) is 3.39. The van der Waals surface area contributed by atoms with E-state index in [-0.39, 0.29) is 0 Å². The van der Waals surface area contributed by atoms with Crippen LogP contribution >= 0.6 is 0 Å². The Hall–Kier alpha value is -2.04. The van der Waals surface area contributed by atoms with Crippen LogP contribution < -0.4 is 0 Å². The minimum absolute atomic E-state index is 0.432. The van der Waals surface area contributed by atoms with Gasteiger partial charge in [-0.15, -0.1) is 0 Å². The molecule has 2 N–H and O–H groups in total. The first-order valence-electron chi connectivity index (χ1n) is 4.67. The monoisotopic (exact) mass is 224 g/mol. The average Bonchev–Trinajstić information content (AvgIpc) is 2.65. The summed E-state index contributed by atoms with van der Waals surface area (Å²) in [5, 5.41) is 17.5. The van der Waals surface area contributed by atoms with Crippen molar-refractivity contribution in [2.45, 2.75) is 13.3 Å². The zero-order valence-corrected chi connectivity index (χ0v) is 8.71. The van der Waals surface area contributed by atoms with Crippen LogP contribution in [0.3, 0.4) is 0 Å².